The Morgan fingerprint density at radius 1 is 1.26 bits per heavy atom. The van der Waals surface area contributed by atoms with Gasteiger partial charge in [0.05, 0.1) is 12.4 Å². The number of nitrogen functional groups attached to an aromatic ring is 1. The van der Waals surface area contributed by atoms with Gasteiger partial charge in [-0.15, -0.1) is 0 Å². The van der Waals surface area contributed by atoms with Crippen LogP contribution in [-0.2, 0) is 0 Å². The molecule has 1 aliphatic heterocycles. The summed E-state index contributed by atoms with van der Waals surface area (Å²) in [5.74, 6) is 0.790. The van der Waals surface area contributed by atoms with E-state index in [1.54, 1.807) is 22.1 Å². The van der Waals surface area contributed by atoms with Crippen LogP contribution in [0, 0.1) is 5.41 Å². The maximum absolute atomic E-state index is 8.01. The number of nitrogens with two attached hydrogens (primary N) is 1. The number of rotatable bonds is 3. The molecule has 0 aromatic carbocycles. The molecule has 0 unspecified atom stereocenters. The number of hydrogen-bond donors (Lipinski definition) is 2. The van der Waals surface area contributed by atoms with E-state index < -0.39 is 0 Å². The van der Waals surface area contributed by atoms with E-state index in [-0.39, 0.29) is 17.9 Å². The Kier molecular flexibility index (Phi) is 3.37. The van der Waals surface area contributed by atoms with Crippen LogP contribution < -0.4 is 5.73 Å². The molecule has 0 saturated heterocycles. The number of aromatic nitrogens is 2. The van der Waals surface area contributed by atoms with Crippen molar-refractivity contribution < 1.29 is 0 Å². The van der Waals surface area contributed by atoms with Crippen molar-refractivity contribution in [3.8, 4) is 0 Å². The average Bonchev–Trinajstić information content (AvgIpc) is 2.85. The van der Waals surface area contributed by atoms with Crippen molar-refractivity contribution in [2.75, 3.05) is 5.73 Å². The smallest absolute Gasteiger partial charge is 0.169 e. The molecule has 0 saturated carbocycles. The van der Waals surface area contributed by atoms with E-state index >= 15 is 0 Å². The lowest BCUT2D eigenvalue weighted by atomic mass is 10.3. The summed E-state index contributed by atoms with van der Waals surface area (Å²) in [5.41, 5.74) is 7.07. The monoisotopic (exact) mass is 261 g/mol. The average molecular weight is 261 g/mol. The minimum atomic E-state index is 0.132. The molecule has 2 heterocycles. The minimum absolute atomic E-state index is 0.132. The van der Waals surface area contributed by atoms with E-state index in [0.717, 1.165) is 0 Å². The van der Waals surface area contributed by atoms with Gasteiger partial charge in [0, 0.05) is 12.1 Å². The summed E-state index contributed by atoms with van der Waals surface area (Å²) in [6, 6.07) is 0.310. The first kappa shape index (κ1) is 13.3. The fraction of sp³-hybridized carbons (Fsp3) is 0.500. The zero-order valence-electron chi connectivity index (χ0n) is 11.6. The van der Waals surface area contributed by atoms with E-state index in [9.17, 15) is 0 Å². The maximum atomic E-state index is 8.01. The van der Waals surface area contributed by atoms with Gasteiger partial charge >= 0.3 is 0 Å². The molecule has 0 radical (unpaired) electrons. The first-order chi connectivity index (χ1) is 8.91. The molecule has 19 heavy (non-hydrogen) atoms. The van der Waals surface area contributed by atoms with E-state index in [4.69, 9.17) is 11.1 Å². The lowest BCUT2D eigenvalue weighted by Crippen LogP contribution is -2.31. The lowest BCUT2D eigenvalue weighted by Gasteiger charge is -2.17. The predicted molar refractivity (Wildman–Crippen MR) is 77.3 cm³/mol. The molecule has 2 rings (SSSR count). The third-order valence-electron chi connectivity index (χ3n) is 2.81. The maximum Gasteiger partial charge on any atom is 0.169 e. The van der Waals surface area contributed by atoms with E-state index in [1.807, 2.05) is 27.7 Å². The first-order valence-corrected chi connectivity index (χ1v) is 6.25. The van der Waals surface area contributed by atoms with Crippen molar-refractivity contribution in [2.45, 2.75) is 39.8 Å². The zero-order chi connectivity index (χ0) is 14.2. The zero-order valence-corrected chi connectivity index (χ0v) is 11.6. The highest BCUT2D eigenvalue weighted by atomic mass is 15.5. The Labute approximate surface area is 112 Å². The van der Waals surface area contributed by atoms with Crippen molar-refractivity contribution in [3.63, 3.8) is 0 Å². The van der Waals surface area contributed by atoms with Gasteiger partial charge in [-0.3, -0.25) is 5.41 Å². The quantitative estimate of drug-likeness (QED) is 0.868. The van der Waals surface area contributed by atoms with Crippen LogP contribution in [0.2, 0.25) is 0 Å². The number of amidine groups is 1. The van der Waals surface area contributed by atoms with Crippen molar-refractivity contribution in [1.29, 1.82) is 5.41 Å². The number of anilines is 1. The van der Waals surface area contributed by atoms with Gasteiger partial charge < -0.3 is 5.73 Å². The third-order valence-corrected chi connectivity index (χ3v) is 2.81. The van der Waals surface area contributed by atoms with Gasteiger partial charge in [0.2, 0.25) is 0 Å². The Hall–Kier alpha value is -2.18. The second-order valence-electron chi connectivity index (χ2n) is 4.98. The molecule has 3 N–H and O–H groups in total. The molecule has 0 spiro atoms. The van der Waals surface area contributed by atoms with Crippen LogP contribution in [0.1, 0.15) is 33.7 Å². The van der Waals surface area contributed by atoms with Crippen molar-refractivity contribution in [2.24, 2.45) is 10.1 Å². The van der Waals surface area contributed by atoms with Crippen molar-refractivity contribution in [1.82, 2.24) is 14.8 Å². The highest BCUT2D eigenvalue weighted by Crippen LogP contribution is 2.24. The molecule has 102 valence electrons. The van der Waals surface area contributed by atoms with Gasteiger partial charge in [-0.25, -0.2) is 14.7 Å². The highest BCUT2D eigenvalue weighted by Gasteiger charge is 2.23. The summed E-state index contributed by atoms with van der Waals surface area (Å²) in [4.78, 5) is 4.37. The molecule has 7 heteroatoms. The molecule has 0 aliphatic carbocycles. The fourth-order valence-corrected chi connectivity index (χ4v) is 1.82. The molecule has 7 nitrogen and oxygen atoms in total. The van der Waals surface area contributed by atoms with Crippen LogP contribution in [0.5, 0.6) is 0 Å². The minimum Gasteiger partial charge on any atom is -0.382 e. The van der Waals surface area contributed by atoms with Crippen LogP contribution in [0.15, 0.2) is 16.3 Å². The van der Waals surface area contributed by atoms with E-state index in [0.29, 0.717) is 17.2 Å². The topological polar surface area (TPSA) is 95.7 Å². The number of nitrogens with zero attached hydrogens (tertiary/aromatic N) is 5. The first-order valence-electron chi connectivity index (χ1n) is 6.25. The Morgan fingerprint density at radius 2 is 1.95 bits per heavy atom. The van der Waals surface area contributed by atoms with Crippen molar-refractivity contribution >= 4 is 29.3 Å². The molecule has 0 bridgehead atoms. The Morgan fingerprint density at radius 3 is 2.42 bits per heavy atom. The van der Waals surface area contributed by atoms with Crippen LogP contribution in [0.4, 0.5) is 11.5 Å². The highest BCUT2D eigenvalue weighted by molar-refractivity contribution is 6.63. The van der Waals surface area contributed by atoms with Crippen LogP contribution in [0.25, 0.3) is 0 Å². The molecular formula is C12H19N7. The van der Waals surface area contributed by atoms with Gasteiger partial charge in [-0.05, 0) is 27.7 Å². The molecule has 0 amide bonds. The van der Waals surface area contributed by atoms with Gasteiger partial charge in [-0.2, -0.15) is 10.2 Å². The predicted octanol–water partition coefficient (Wildman–Crippen LogP) is 1.81. The molecule has 1 aliphatic rings. The summed E-state index contributed by atoms with van der Waals surface area (Å²) in [7, 11) is 0. The molecule has 0 fully saturated rings. The second-order valence-corrected chi connectivity index (χ2v) is 4.98. The Balaban J connectivity index is 2.29. The van der Waals surface area contributed by atoms with Gasteiger partial charge in [-0.1, -0.05) is 0 Å². The number of aliphatic imine (C=N–C) groups is 1. The fourth-order valence-electron chi connectivity index (χ4n) is 1.82. The summed E-state index contributed by atoms with van der Waals surface area (Å²) >= 11 is 0. The standard InChI is InChI=1S/C12H19N7/c1-7(2)18-11(13)9(5-15-18)17-10-6-16-19(8(3)4)12(10)14/h5-8,13H,14H2,1-4H3. The van der Waals surface area contributed by atoms with Crippen molar-refractivity contribution in [3.05, 3.63) is 6.20 Å². The number of hydrazone groups is 1. The lowest BCUT2D eigenvalue weighted by molar-refractivity contribution is 0.378. The van der Waals surface area contributed by atoms with Gasteiger partial charge in [0.15, 0.2) is 5.84 Å². The summed E-state index contributed by atoms with van der Waals surface area (Å²) < 4.78 is 1.70. The number of hydrogen-bond acceptors (Lipinski definition) is 5. The summed E-state index contributed by atoms with van der Waals surface area (Å²) in [5, 5.41) is 18.0. The Bertz CT molecular complexity index is 550. The van der Waals surface area contributed by atoms with Crippen LogP contribution >= 0.6 is 0 Å². The summed E-state index contributed by atoms with van der Waals surface area (Å²) in [6.45, 7) is 7.94. The van der Waals surface area contributed by atoms with E-state index in [2.05, 4.69) is 15.2 Å². The number of nitrogens with one attached hydrogen (secondary N) is 1. The largest absolute Gasteiger partial charge is 0.382 e. The molecular weight excluding hydrogens is 242 g/mol. The van der Waals surface area contributed by atoms with Gasteiger partial charge in [0.1, 0.15) is 17.2 Å². The third kappa shape index (κ3) is 2.35. The van der Waals surface area contributed by atoms with E-state index in [1.165, 1.54) is 0 Å². The molecule has 1 aromatic heterocycles. The SMILES string of the molecule is CC(C)N1N=CC(=Nc2cnn(C(C)C)c2N)C1=N. The van der Waals surface area contributed by atoms with Crippen LogP contribution in [-0.4, -0.2) is 38.6 Å². The molecule has 0 atom stereocenters. The van der Waals surface area contributed by atoms with Crippen LogP contribution in [0.3, 0.4) is 0 Å². The summed E-state index contributed by atoms with van der Waals surface area (Å²) in [6.07, 6.45) is 3.19. The second kappa shape index (κ2) is 4.83. The van der Waals surface area contributed by atoms with Gasteiger partial charge in [0.25, 0.3) is 0 Å². The normalized spacial score (nSPS) is 17.5. The molecule has 1 aromatic rings.